The highest BCUT2D eigenvalue weighted by atomic mass is 16.5. The Kier molecular flexibility index (Phi) is 5.44. The lowest BCUT2D eigenvalue weighted by Gasteiger charge is -2.35. The van der Waals surface area contributed by atoms with Gasteiger partial charge >= 0.3 is 0 Å². The van der Waals surface area contributed by atoms with Gasteiger partial charge in [-0.2, -0.15) is 0 Å². The molecule has 0 radical (unpaired) electrons. The molecule has 2 aromatic rings. The summed E-state index contributed by atoms with van der Waals surface area (Å²) in [4.78, 5) is 2.10. The van der Waals surface area contributed by atoms with Crippen LogP contribution >= 0.6 is 0 Å². The fourth-order valence-corrected chi connectivity index (χ4v) is 3.18. The van der Waals surface area contributed by atoms with Crippen molar-refractivity contribution < 1.29 is 9.84 Å². The molecule has 3 heteroatoms. The molecule has 1 unspecified atom stereocenters. The van der Waals surface area contributed by atoms with E-state index in [2.05, 4.69) is 53.4 Å². The van der Waals surface area contributed by atoms with E-state index in [4.69, 9.17) is 4.74 Å². The smallest absolute Gasteiger partial charge is 0.108 e. The summed E-state index contributed by atoms with van der Waals surface area (Å²) >= 11 is 0. The summed E-state index contributed by atoms with van der Waals surface area (Å²) in [5.74, 6) is 0. The second-order valence-electron chi connectivity index (χ2n) is 6.20. The summed E-state index contributed by atoms with van der Waals surface area (Å²) < 4.78 is 6.48. The van der Waals surface area contributed by atoms with Crippen LogP contribution in [0.25, 0.3) is 0 Å². The fraction of sp³-hybridized carbons (Fsp3) is 0.400. The molecule has 1 fully saturated rings. The van der Waals surface area contributed by atoms with Crippen molar-refractivity contribution in [2.24, 2.45) is 0 Å². The lowest BCUT2D eigenvalue weighted by atomic mass is 10.00. The molecule has 0 aliphatic carbocycles. The van der Waals surface area contributed by atoms with Gasteiger partial charge in [0.2, 0.25) is 0 Å². The van der Waals surface area contributed by atoms with Gasteiger partial charge < -0.3 is 9.84 Å². The van der Waals surface area contributed by atoms with E-state index in [1.807, 2.05) is 19.1 Å². The van der Waals surface area contributed by atoms with Gasteiger partial charge in [0.05, 0.1) is 6.10 Å². The number of likely N-dealkylation sites (tertiary alicyclic amines) is 1. The molecule has 1 heterocycles. The van der Waals surface area contributed by atoms with Crippen LogP contribution in [0.15, 0.2) is 60.7 Å². The lowest BCUT2D eigenvalue weighted by molar-refractivity contribution is -0.0615. The molecule has 0 bridgehead atoms. The summed E-state index contributed by atoms with van der Waals surface area (Å²) in [6.45, 7) is 3.61. The topological polar surface area (TPSA) is 32.7 Å². The largest absolute Gasteiger partial charge is 0.379 e. The number of hydrogen-bond acceptors (Lipinski definition) is 3. The third-order valence-electron chi connectivity index (χ3n) is 4.54. The van der Waals surface area contributed by atoms with Crippen LogP contribution < -0.4 is 0 Å². The Hall–Kier alpha value is -1.68. The number of nitrogens with zero attached hydrogens (tertiary/aromatic N) is 1. The molecule has 2 aromatic carbocycles. The van der Waals surface area contributed by atoms with Crippen LogP contribution in [0, 0.1) is 0 Å². The van der Waals surface area contributed by atoms with Gasteiger partial charge in [-0.15, -0.1) is 0 Å². The molecule has 3 rings (SSSR count). The Labute approximate surface area is 138 Å². The van der Waals surface area contributed by atoms with Crippen molar-refractivity contribution in [2.75, 3.05) is 13.1 Å². The first-order valence-corrected chi connectivity index (χ1v) is 8.41. The van der Waals surface area contributed by atoms with Crippen molar-refractivity contribution in [1.82, 2.24) is 4.90 Å². The van der Waals surface area contributed by atoms with Crippen molar-refractivity contribution >= 4 is 0 Å². The zero-order valence-corrected chi connectivity index (χ0v) is 13.6. The van der Waals surface area contributed by atoms with Crippen molar-refractivity contribution in [3.8, 4) is 0 Å². The van der Waals surface area contributed by atoms with Gasteiger partial charge in [0.25, 0.3) is 0 Å². The van der Waals surface area contributed by atoms with Crippen LogP contribution in [0.5, 0.6) is 0 Å². The van der Waals surface area contributed by atoms with E-state index in [1.54, 1.807) is 0 Å². The molecule has 1 atom stereocenters. The number of ether oxygens (including phenoxy) is 1. The molecule has 3 nitrogen and oxygen atoms in total. The second-order valence-corrected chi connectivity index (χ2v) is 6.20. The maximum atomic E-state index is 9.69. The third-order valence-corrected chi connectivity index (χ3v) is 4.54. The van der Waals surface area contributed by atoms with Crippen molar-refractivity contribution in [3.05, 3.63) is 71.8 Å². The van der Waals surface area contributed by atoms with Gasteiger partial charge in [0, 0.05) is 13.1 Å². The van der Waals surface area contributed by atoms with E-state index in [0.717, 1.165) is 25.9 Å². The highest BCUT2D eigenvalue weighted by Crippen LogP contribution is 2.30. The summed E-state index contributed by atoms with van der Waals surface area (Å²) in [5, 5.41) is 9.69. The highest BCUT2D eigenvalue weighted by molar-refractivity contribution is 5.30. The van der Waals surface area contributed by atoms with Crippen LogP contribution in [-0.2, 0) is 4.74 Å². The first-order valence-electron chi connectivity index (χ1n) is 8.41. The van der Waals surface area contributed by atoms with E-state index < -0.39 is 0 Å². The fourth-order valence-electron chi connectivity index (χ4n) is 3.18. The third kappa shape index (κ3) is 4.20. The Morgan fingerprint density at radius 1 is 0.913 bits per heavy atom. The minimum absolute atomic E-state index is 0.0273. The summed E-state index contributed by atoms with van der Waals surface area (Å²) in [6, 6.07) is 20.8. The molecule has 1 aliphatic rings. The molecular weight excluding hydrogens is 286 g/mol. The predicted molar refractivity (Wildman–Crippen MR) is 92.1 cm³/mol. The van der Waals surface area contributed by atoms with Gasteiger partial charge in [-0.25, -0.2) is 0 Å². The summed E-state index contributed by atoms with van der Waals surface area (Å²) in [6.07, 6.45) is 1.76. The normalized spacial score (nSPS) is 18.2. The minimum Gasteiger partial charge on any atom is -0.379 e. The highest BCUT2D eigenvalue weighted by Gasteiger charge is 2.25. The molecule has 1 saturated heterocycles. The van der Waals surface area contributed by atoms with E-state index in [-0.39, 0.29) is 18.4 Å². The molecule has 23 heavy (non-hydrogen) atoms. The van der Waals surface area contributed by atoms with E-state index in [1.165, 1.54) is 11.1 Å². The number of aliphatic hydroxyl groups excluding tert-OH is 1. The van der Waals surface area contributed by atoms with Crippen molar-refractivity contribution in [1.29, 1.82) is 0 Å². The number of benzene rings is 2. The first-order chi connectivity index (χ1) is 11.2. The second kappa shape index (κ2) is 7.73. The van der Waals surface area contributed by atoms with Crippen LogP contribution in [0.3, 0.4) is 0 Å². The number of hydrogen-bond donors (Lipinski definition) is 1. The predicted octanol–water partition coefficient (Wildman–Crippen LogP) is 3.60. The first kappa shape index (κ1) is 16.2. The Morgan fingerprint density at radius 3 is 1.83 bits per heavy atom. The molecule has 0 aromatic heterocycles. The summed E-state index contributed by atoms with van der Waals surface area (Å²) in [5.41, 5.74) is 2.38. The molecular formula is C20H25NO2. The zero-order chi connectivity index (χ0) is 16.1. The van der Waals surface area contributed by atoms with E-state index >= 15 is 0 Å². The number of aliphatic hydroxyl groups is 1. The van der Waals surface area contributed by atoms with E-state index in [9.17, 15) is 5.11 Å². The maximum Gasteiger partial charge on any atom is 0.108 e. The molecule has 122 valence electrons. The molecule has 1 N–H and O–H groups in total. The standard InChI is InChI=1S/C20H25NO2/c1-16(22)21-14-12-19(13-15-21)23-20(17-8-4-2-5-9-17)18-10-6-3-7-11-18/h2-11,16,19-20,22H,12-15H2,1H3. The number of piperidine rings is 1. The van der Waals surface area contributed by atoms with Crippen LogP contribution in [0.1, 0.15) is 37.0 Å². The molecule has 1 aliphatic heterocycles. The minimum atomic E-state index is -0.366. The van der Waals surface area contributed by atoms with Gasteiger partial charge in [-0.1, -0.05) is 60.7 Å². The van der Waals surface area contributed by atoms with Crippen molar-refractivity contribution in [2.45, 2.75) is 38.2 Å². The van der Waals surface area contributed by atoms with E-state index in [0.29, 0.717) is 0 Å². The Balaban J connectivity index is 1.73. The Bertz CT molecular complexity index is 538. The summed E-state index contributed by atoms with van der Waals surface area (Å²) in [7, 11) is 0. The monoisotopic (exact) mass is 311 g/mol. The van der Waals surface area contributed by atoms with Crippen LogP contribution in [0.2, 0.25) is 0 Å². The van der Waals surface area contributed by atoms with Gasteiger partial charge in [-0.3, -0.25) is 4.90 Å². The zero-order valence-electron chi connectivity index (χ0n) is 13.6. The van der Waals surface area contributed by atoms with Gasteiger partial charge in [0.1, 0.15) is 12.3 Å². The lowest BCUT2D eigenvalue weighted by Crippen LogP contribution is -2.42. The molecule has 0 amide bonds. The van der Waals surface area contributed by atoms with Gasteiger partial charge in [-0.05, 0) is 30.9 Å². The number of rotatable bonds is 5. The maximum absolute atomic E-state index is 9.69. The molecule has 0 spiro atoms. The Morgan fingerprint density at radius 2 is 1.39 bits per heavy atom. The van der Waals surface area contributed by atoms with Crippen LogP contribution in [0.4, 0.5) is 0 Å². The quantitative estimate of drug-likeness (QED) is 0.916. The average molecular weight is 311 g/mol. The molecule has 0 saturated carbocycles. The van der Waals surface area contributed by atoms with Crippen molar-refractivity contribution in [3.63, 3.8) is 0 Å². The van der Waals surface area contributed by atoms with Crippen LogP contribution in [-0.4, -0.2) is 35.4 Å². The average Bonchev–Trinajstić information content (AvgIpc) is 2.61. The van der Waals surface area contributed by atoms with Gasteiger partial charge in [0.15, 0.2) is 0 Å². The SMILES string of the molecule is CC(O)N1CCC(OC(c2ccccc2)c2ccccc2)CC1.